The first-order valence-electron chi connectivity index (χ1n) is 10.5. The number of anilines is 1. The molecule has 0 saturated carbocycles. The van der Waals surface area contributed by atoms with Gasteiger partial charge in [0.05, 0.1) is 28.8 Å². The molecule has 0 amide bonds. The van der Waals surface area contributed by atoms with Crippen LogP contribution in [0.3, 0.4) is 0 Å². The Morgan fingerprint density at radius 1 is 1.23 bits per heavy atom. The van der Waals surface area contributed by atoms with E-state index in [0.717, 1.165) is 46.9 Å². The second-order valence-electron chi connectivity index (χ2n) is 8.10. The third-order valence-corrected chi connectivity index (χ3v) is 6.08. The van der Waals surface area contributed by atoms with Crippen molar-refractivity contribution in [2.24, 2.45) is 5.10 Å². The zero-order valence-corrected chi connectivity index (χ0v) is 17.6. The Balaban J connectivity index is 1.68. The van der Waals surface area contributed by atoms with Gasteiger partial charge in [0.25, 0.3) is 0 Å². The molecule has 3 heterocycles. The molecule has 1 aromatic carbocycles. The molecule has 152 valence electrons. The van der Waals surface area contributed by atoms with Gasteiger partial charge in [0.1, 0.15) is 0 Å². The van der Waals surface area contributed by atoms with Crippen molar-refractivity contribution in [3.63, 3.8) is 0 Å². The first-order chi connectivity index (χ1) is 14.6. The number of rotatable bonds is 4. The van der Waals surface area contributed by atoms with Crippen LogP contribution in [0.5, 0.6) is 0 Å². The van der Waals surface area contributed by atoms with E-state index in [1.54, 1.807) is 0 Å². The van der Waals surface area contributed by atoms with Gasteiger partial charge in [-0.15, -0.1) is 0 Å². The summed E-state index contributed by atoms with van der Waals surface area (Å²) in [6.07, 6.45) is 10.4. The zero-order chi connectivity index (χ0) is 20.8. The number of nitrogens with two attached hydrogens (primary N) is 1. The van der Waals surface area contributed by atoms with Crippen molar-refractivity contribution in [3.05, 3.63) is 64.6 Å². The smallest absolute Gasteiger partial charge is 0.0778 e. The maximum absolute atomic E-state index is 5.98. The van der Waals surface area contributed by atoms with Crippen LogP contribution in [0, 0.1) is 13.8 Å². The van der Waals surface area contributed by atoms with E-state index in [2.05, 4.69) is 42.7 Å². The van der Waals surface area contributed by atoms with Crippen LogP contribution in [0.25, 0.3) is 23.0 Å². The van der Waals surface area contributed by atoms with Crippen LogP contribution in [-0.2, 0) is 6.42 Å². The van der Waals surface area contributed by atoms with Crippen LogP contribution in [0.4, 0.5) is 5.69 Å². The summed E-state index contributed by atoms with van der Waals surface area (Å²) in [5.41, 5.74) is 18.9. The molecule has 2 aliphatic rings. The predicted octanol–water partition coefficient (Wildman–Crippen LogP) is 4.15. The fourth-order valence-corrected chi connectivity index (χ4v) is 4.59. The van der Waals surface area contributed by atoms with E-state index in [-0.39, 0.29) is 12.0 Å². The lowest BCUT2D eigenvalue weighted by molar-refractivity contribution is 0.635. The molecule has 3 aromatic rings. The van der Waals surface area contributed by atoms with Gasteiger partial charge in [0.15, 0.2) is 0 Å². The normalized spacial score (nSPS) is 18.9. The lowest BCUT2D eigenvalue weighted by Gasteiger charge is -2.26. The maximum Gasteiger partial charge on any atom is 0.0778 e. The average Bonchev–Trinajstić information content (AvgIpc) is 3.36. The van der Waals surface area contributed by atoms with Crippen molar-refractivity contribution < 1.29 is 0 Å². The van der Waals surface area contributed by atoms with Crippen molar-refractivity contribution in [1.29, 1.82) is 0 Å². The SMILES string of the molecule is CCCc1c(-c2cn(-c3cccc(N)c3)nc2C)nc2c(c1C)C1C=NNC1C=C2. The molecular formula is C24H26N6. The molecule has 0 saturated heterocycles. The minimum atomic E-state index is 0.228. The van der Waals surface area contributed by atoms with Crippen molar-refractivity contribution >= 4 is 18.0 Å². The molecule has 0 radical (unpaired) electrons. The largest absolute Gasteiger partial charge is 0.399 e. The van der Waals surface area contributed by atoms with E-state index in [9.17, 15) is 0 Å². The molecule has 1 aliphatic heterocycles. The van der Waals surface area contributed by atoms with Gasteiger partial charge < -0.3 is 11.2 Å². The Bertz CT molecular complexity index is 1190. The Morgan fingerprint density at radius 3 is 2.90 bits per heavy atom. The lowest BCUT2D eigenvalue weighted by Crippen LogP contribution is -2.28. The monoisotopic (exact) mass is 398 g/mol. The molecule has 1 aliphatic carbocycles. The average molecular weight is 399 g/mol. The third-order valence-electron chi connectivity index (χ3n) is 6.08. The van der Waals surface area contributed by atoms with Gasteiger partial charge in [-0.25, -0.2) is 9.67 Å². The first kappa shape index (κ1) is 18.6. The molecule has 2 unspecified atom stereocenters. The van der Waals surface area contributed by atoms with Crippen molar-refractivity contribution in [2.45, 2.75) is 45.6 Å². The molecule has 5 rings (SSSR count). The lowest BCUT2D eigenvalue weighted by atomic mass is 9.82. The predicted molar refractivity (Wildman–Crippen MR) is 122 cm³/mol. The summed E-state index contributed by atoms with van der Waals surface area (Å²) in [7, 11) is 0. The minimum Gasteiger partial charge on any atom is -0.399 e. The van der Waals surface area contributed by atoms with Crippen molar-refractivity contribution in [2.75, 3.05) is 5.73 Å². The number of hydrogen-bond donors (Lipinski definition) is 2. The van der Waals surface area contributed by atoms with Crippen LogP contribution in [0.1, 0.15) is 47.3 Å². The minimum absolute atomic E-state index is 0.228. The number of hydrogen-bond acceptors (Lipinski definition) is 5. The highest BCUT2D eigenvalue weighted by molar-refractivity contribution is 5.80. The fraction of sp³-hybridized carbons (Fsp3) is 0.292. The summed E-state index contributed by atoms with van der Waals surface area (Å²) in [6, 6.07) is 8.01. The number of benzene rings is 1. The standard InChI is InChI=1S/C24H26N6/c1-4-6-18-14(2)23-19-12-26-28-21(19)9-10-22(23)27-24(18)20-13-30(29-15(20)3)17-8-5-7-16(25)11-17/h5,7-13,19,21,28H,4,6,25H2,1-3H3. The molecule has 30 heavy (non-hydrogen) atoms. The summed E-state index contributed by atoms with van der Waals surface area (Å²) in [4.78, 5) is 5.15. The van der Waals surface area contributed by atoms with E-state index in [4.69, 9.17) is 15.8 Å². The first-order valence-corrected chi connectivity index (χ1v) is 10.5. The summed E-state index contributed by atoms with van der Waals surface area (Å²) in [6.45, 7) is 6.49. The second kappa shape index (κ2) is 7.13. The highest BCUT2D eigenvalue weighted by atomic mass is 15.3. The number of aryl methyl sites for hydroxylation is 1. The van der Waals surface area contributed by atoms with Gasteiger partial charge in [-0.05, 0) is 61.2 Å². The van der Waals surface area contributed by atoms with Crippen molar-refractivity contribution in [3.8, 4) is 16.9 Å². The van der Waals surface area contributed by atoms with E-state index in [0.29, 0.717) is 0 Å². The maximum atomic E-state index is 5.98. The number of nitrogens with one attached hydrogen (secondary N) is 1. The fourth-order valence-electron chi connectivity index (χ4n) is 4.59. The van der Waals surface area contributed by atoms with Gasteiger partial charge in [-0.2, -0.15) is 10.2 Å². The van der Waals surface area contributed by atoms with Crippen LogP contribution < -0.4 is 11.2 Å². The Hall–Kier alpha value is -3.41. The number of nitrogens with zero attached hydrogens (tertiary/aromatic N) is 4. The van der Waals surface area contributed by atoms with E-state index >= 15 is 0 Å². The molecule has 0 bridgehead atoms. The number of aromatic nitrogens is 3. The van der Waals surface area contributed by atoms with Gasteiger partial charge in [-0.3, -0.25) is 0 Å². The Morgan fingerprint density at radius 2 is 2.10 bits per heavy atom. The molecule has 6 heteroatoms. The van der Waals surface area contributed by atoms with Gasteiger partial charge in [0, 0.05) is 29.6 Å². The van der Waals surface area contributed by atoms with Crippen LogP contribution in [-0.4, -0.2) is 27.0 Å². The highest BCUT2D eigenvalue weighted by Gasteiger charge is 2.32. The molecule has 2 aromatic heterocycles. The molecular weight excluding hydrogens is 372 g/mol. The molecule has 0 spiro atoms. The summed E-state index contributed by atoms with van der Waals surface area (Å²) in [5, 5.41) is 9.07. The van der Waals surface area contributed by atoms with Crippen LogP contribution >= 0.6 is 0 Å². The van der Waals surface area contributed by atoms with E-state index in [1.807, 2.05) is 42.1 Å². The van der Waals surface area contributed by atoms with Gasteiger partial charge >= 0.3 is 0 Å². The summed E-state index contributed by atoms with van der Waals surface area (Å²) in [5.74, 6) is 0.248. The molecule has 3 N–H and O–H groups in total. The molecule has 2 atom stereocenters. The van der Waals surface area contributed by atoms with Crippen molar-refractivity contribution in [1.82, 2.24) is 20.2 Å². The Kier molecular flexibility index (Phi) is 4.42. The zero-order valence-electron chi connectivity index (χ0n) is 17.6. The van der Waals surface area contributed by atoms with Gasteiger partial charge in [0.2, 0.25) is 0 Å². The number of pyridine rings is 1. The topological polar surface area (TPSA) is 81.1 Å². The highest BCUT2D eigenvalue weighted by Crippen LogP contribution is 2.38. The number of nitrogen functional groups attached to an aromatic ring is 1. The summed E-state index contributed by atoms with van der Waals surface area (Å²) < 4.78 is 1.90. The molecule has 0 fully saturated rings. The number of fused-ring (bicyclic) bond motifs is 3. The summed E-state index contributed by atoms with van der Waals surface area (Å²) >= 11 is 0. The molecule has 6 nitrogen and oxygen atoms in total. The van der Waals surface area contributed by atoms with E-state index < -0.39 is 0 Å². The van der Waals surface area contributed by atoms with E-state index in [1.165, 1.54) is 16.7 Å². The Labute approximate surface area is 176 Å². The number of hydrazone groups is 1. The second-order valence-corrected chi connectivity index (χ2v) is 8.10. The quantitative estimate of drug-likeness (QED) is 0.647. The van der Waals surface area contributed by atoms with Gasteiger partial charge in [-0.1, -0.05) is 25.5 Å². The van der Waals surface area contributed by atoms with Crippen LogP contribution in [0.15, 0.2) is 41.6 Å². The third kappa shape index (κ3) is 2.91. The van der Waals surface area contributed by atoms with Crippen LogP contribution in [0.2, 0.25) is 0 Å².